The first kappa shape index (κ1) is 17.9. The number of para-hydroxylation sites is 1. The van der Waals surface area contributed by atoms with Crippen LogP contribution in [0.2, 0.25) is 0 Å². The molecule has 0 radical (unpaired) electrons. The van der Waals surface area contributed by atoms with E-state index in [0.29, 0.717) is 6.54 Å². The van der Waals surface area contributed by atoms with Gasteiger partial charge < -0.3 is 10.1 Å². The summed E-state index contributed by atoms with van der Waals surface area (Å²) in [7, 11) is 0. The molecule has 0 saturated carbocycles. The van der Waals surface area contributed by atoms with E-state index in [0.717, 1.165) is 6.42 Å². The van der Waals surface area contributed by atoms with Gasteiger partial charge in [-0.1, -0.05) is 48.8 Å². The van der Waals surface area contributed by atoms with Crippen molar-refractivity contribution >= 4 is 21.8 Å². The number of halogens is 3. The molecule has 0 aliphatic heterocycles. The summed E-state index contributed by atoms with van der Waals surface area (Å²) in [6.07, 6.45) is 0.877. The quantitative estimate of drug-likeness (QED) is 0.768. The number of hydrogen-bond donors (Lipinski definition) is 1. The zero-order valence-corrected chi connectivity index (χ0v) is 13.9. The van der Waals surface area contributed by atoms with Crippen LogP contribution in [0.1, 0.15) is 37.6 Å². The number of carbonyl (C=O) groups excluding carboxylic acids is 1. The molecule has 0 spiro atoms. The maximum Gasteiger partial charge on any atom is 0.387 e. The maximum atomic E-state index is 12.3. The topological polar surface area (TPSA) is 38.3 Å². The Morgan fingerprint density at radius 2 is 1.95 bits per heavy atom. The van der Waals surface area contributed by atoms with Crippen molar-refractivity contribution in [2.45, 2.75) is 38.6 Å². The summed E-state index contributed by atoms with van der Waals surface area (Å²) in [5.74, 6) is -0.545. The molecule has 1 amide bonds. The number of ether oxygens (including phenoxy) is 1. The van der Waals surface area contributed by atoms with E-state index in [-0.39, 0.29) is 21.6 Å². The van der Waals surface area contributed by atoms with E-state index in [2.05, 4.69) is 46.8 Å². The van der Waals surface area contributed by atoms with Crippen LogP contribution in [0.25, 0.3) is 0 Å². The molecule has 1 rings (SSSR count). The molecule has 0 heterocycles. The Bertz CT molecular complexity index is 475. The second-order valence-electron chi connectivity index (χ2n) is 5.95. The third-order valence-corrected chi connectivity index (χ3v) is 3.31. The summed E-state index contributed by atoms with van der Waals surface area (Å²) in [5, 5.41) is 2.72. The van der Waals surface area contributed by atoms with Gasteiger partial charge in [-0.2, -0.15) is 8.78 Å². The molecule has 1 aromatic carbocycles. The van der Waals surface area contributed by atoms with Crippen molar-refractivity contribution < 1.29 is 18.3 Å². The van der Waals surface area contributed by atoms with Gasteiger partial charge in [-0.3, -0.25) is 4.79 Å². The first-order valence-corrected chi connectivity index (χ1v) is 7.57. The molecule has 21 heavy (non-hydrogen) atoms. The fourth-order valence-corrected chi connectivity index (χ4v) is 3.02. The van der Waals surface area contributed by atoms with Gasteiger partial charge in [-0.15, -0.1) is 0 Å². The van der Waals surface area contributed by atoms with E-state index in [1.54, 1.807) is 12.1 Å². The van der Waals surface area contributed by atoms with Gasteiger partial charge in [0, 0.05) is 11.4 Å². The highest BCUT2D eigenvalue weighted by Gasteiger charge is 2.19. The lowest BCUT2D eigenvalue weighted by Crippen LogP contribution is -2.31. The van der Waals surface area contributed by atoms with Gasteiger partial charge in [-0.25, -0.2) is 0 Å². The van der Waals surface area contributed by atoms with E-state index in [1.807, 2.05) is 0 Å². The van der Waals surface area contributed by atoms with Crippen molar-refractivity contribution in [3.8, 4) is 5.75 Å². The zero-order valence-electron chi connectivity index (χ0n) is 12.3. The molecule has 0 saturated heterocycles. The van der Waals surface area contributed by atoms with Gasteiger partial charge >= 0.3 is 6.61 Å². The van der Waals surface area contributed by atoms with E-state index in [9.17, 15) is 13.6 Å². The van der Waals surface area contributed by atoms with Crippen LogP contribution in [0, 0.1) is 5.41 Å². The molecular formula is C15H20BrF2NO2. The molecule has 1 atom stereocenters. The average molecular weight is 364 g/mol. The number of benzene rings is 1. The fourth-order valence-electron chi connectivity index (χ4n) is 1.89. The standard InChI is InChI=1S/C15H20BrF2NO2/c1-15(2,3)8-10(16)9-19-13(20)11-6-4-5-7-12(11)21-14(17)18/h4-7,10,14H,8-9H2,1-3H3,(H,19,20). The van der Waals surface area contributed by atoms with Gasteiger partial charge in [0.2, 0.25) is 0 Å². The van der Waals surface area contributed by atoms with Gasteiger partial charge in [-0.05, 0) is 24.0 Å². The van der Waals surface area contributed by atoms with Crippen molar-refractivity contribution in [1.29, 1.82) is 0 Å². The normalized spacial score (nSPS) is 13.1. The number of nitrogens with one attached hydrogen (secondary N) is 1. The molecule has 0 fully saturated rings. The summed E-state index contributed by atoms with van der Waals surface area (Å²) >= 11 is 3.51. The minimum atomic E-state index is -2.95. The molecule has 1 aromatic rings. The monoisotopic (exact) mass is 363 g/mol. The summed E-state index contributed by atoms with van der Waals surface area (Å²) in [4.78, 5) is 12.2. The SMILES string of the molecule is CC(C)(C)CC(Br)CNC(=O)c1ccccc1OC(F)F. The Morgan fingerprint density at radius 3 is 2.52 bits per heavy atom. The molecule has 0 bridgehead atoms. The minimum Gasteiger partial charge on any atom is -0.434 e. The van der Waals surface area contributed by atoms with Crippen LogP contribution >= 0.6 is 15.9 Å². The van der Waals surface area contributed by atoms with Crippen molar-refractivity contribution in [1.82, 2.24) is 5.32 Å². The van der Waals surface area contributed by atoms with E-state index >= 15 is 0 Å². The van der Waals surface area contributed by atoms with Crippen LogP contribution in [-0.4, -0.2) is 23.9 Å². The van der Waals surface area contributed by atoms with Crippen LogP contribution in [0.5, 0.6) is 5.75 Å². The number of alkyl halides is 3. The van der Waals surface area contributed by atoms with E-state index in [4.69, 9.17) is 0 Å². The molecule has 0 aliphatic rings. The Balaban J connectivity index is 2.64. The van der Waals surface area contributed by atoms with Crippen molar-refractivity contribution in [3.05, 3.63) is 29.8 Å². The van der Waals surface area contributed by atoms with E-state index < -0.39 is 12.5 Å². The molecule has 0 aliphatic carbocycles. The predicted octanol–water partition coefficient (Wildman–Crippen LogP) is 4.22. The highest BCUT2D eigenvalue weighted by Crippen LogP contribution is 2.24. The Hall–Kier alpha value is -1.17. The number of hydrogen-bond acceptors (Lipinski definition) is 2. The smallest absolute Gasteiger partial charge is 0.387 e. The Kier molecular flexibility index (Phi) is 6.58. The summed E-state index contributed by atoms with van der Waals surface area (Å²) in [6, 6.07) is 5.96. The third-order valence-electron chi connectivity index (χ3n) is 2.67. The third kappa shape index (κ3) is 6.89. The largest absolute Gasteiger partial charge is 0.434 e. The summed E-state index contributed by atoms with van der Waals surface area (Å²) < 4.78 is 29.0. The number of rotatable bonds is 6. The number of carbonyl (C=O) groups is 1. The molecule has 6 heteroatoms. The van der Waals surface area contributed by atoms with Crippen LogP contribution in [0.4, 0.5) is 8.78 Å². The summed E-state index contributed by atoms with van der Waals surface area (Å²) in [5.41, 5.74) is 0.239. The lowest BCUT2D eigenvalue weighted by Gasteiger charge is -2.22. The van der Waals surface area contributed by atoms with Crippen LogP contribution in [-0.2, 0) is 0 Å². The zero-order chi connectivity index (χ0) is 16.0. The average Bonchev–Trinajstić information content (AvgIpc) is 2.34. The second-order valence-corrected chi connectivity index (χ2v) is 7.24. The molecule has 118 valence electrons. The lowest BCUT2D eigenvalue weighted by atomic mass is 9.90. The van der Waals surface area contributed by atoms with E-state index in [1.165, 1.54) is 12.1 Å². The van der Waals surface area contributed by atoms with Crippen LogP contribution in [0.15, 0.2) is 24.3 Å². The molecular weight excluding hydrogens is 344 g/mol. The highest BCUT2D eigenvalue weighted by atomic mass is 79.9. The molecule has 1 N–H and O–H groups in total. The lowest BCUT2D eigenvalue weighted by molar-refractivity contribution is -0.0501. The van der Waals surface area contributed by atoms with Crippen LogP contribution in [0.3, 0.4) is 0 Å². The van der Waals surface area contributed by atoms with Gasteiger partial charge in [0.1, 0.15) is 5.75 Å². The predicted molar refractivity (Wildman–Crippen MR) is 82.2 cm³/mol. The van der Waals surface area contributed by atoms with Crippen LogP contribution < -0.4 is 10.1 Å². The second kappa shape index (κ2) is 7.73. The fraction of sp³-hybridized carbons (Fsp3) is 0.533. The van der Waals surface area contributed by atoms with Gasteiger partial charge in [0.05, 0.1) is 5.56 Å². The Labute approximate surface area is 132 Å². The molecule has 1 unspecified atom stereocenters. The highest BCUT2D eigenvalue weighted by molar-refractivity contribution is 9.09. The molecule has 0 aromatic heterocycles. The molecule has 3 nitrogen and oxygen atoms in total. The summed E-state index contributed by atoms with van der Waals surface area (Å²) in [6.45, 7) is 3.78. The first-order chi connectivity index (χ1) is 9.69. The van der Waals surface area contributed by atoms with Crippen molar-refractivity contribution in [2.75, 3.05) is 6.54 Å². The van der Waals surface area contributed by atoms with Crippen molar-refractivity contribution in [2.24, 2.45) is 5.41 Å². The maximum absolute atomic E-state index is 12.3. The minimum absolute atomic E-state index is 0.105. The Morgan fingerprint density at radius 1 is 1.33 bits per heavy atom. The van der Waals surface area contributed by atoms with Gasteiger partial charge in [0.15, 0.2) is 0 Å². The van der Waals surface area contributed by atoms with Gasteiger partial charge in [0.25, 0.3) is 5.91 Å². The van der Waals surface area contributed by atoms with Crippen molar-refractivity contribution in [3.63, 3.8) is 0 Å². The first-order valence-electron chi connectivity index (χ1n) is 6.65. The number of amides is 1.